The Kier molecular flexibility index (Phi) is 5.43. The second-order valence-electron chi connectivity index (χ2n) is 8.54. The van der Waals surface area contributed by atoms with Crippen LogP contribution in [0.1, 0.15) is 67.2 Å². The van der Waals surface area contributed by atoms with E-state index in [9.17, 15) is 13.5 Å². The standard InChI is InChI=1S/C17H34O4SSi/c1-12(2)23(13(3)4,14(5)6)21-15-9-16(10-15)22(19,20)17(11-18)7-8-17/h12-16,18H,7-11H2,1-6H3/t15-,16-. The smallest absolute Gasteiger partial charge is 0.200 e. The van der Waals surface area contributed by atoms with Crippen molar-refractivity contribution in [1.82, 2.24) is 0 Å². The maximum Gasteiger partial charge on any atom is 0.200 e. The molecule has 0 amide bonds. The Morgan fingerprint density at radius 3 is 1.78 bits per heavy atom. The van der Waals surface area contributed by atoms with Gasteiger partial charge in [0.15, 0.2) is 9.84 Å². The monoisotopic (exact) mass is 362 g/mol. The minimum absolute atomic E-state index is 0.0862. The highest BCUT2D eigenvalue weighted by molar-refractivity contribution is 7.93. The summed E-state index contributed by atoms with van der Waals surface area (Å²) in [5.41, 5.74) is 1.56. The van der Waals surface area contributed by atoms with Gasteiger partial charge in [0.2, 0.25) is 8.32 Å². The Labute approximate surface area is 143 Å². The summed E-state index contributed by atoms with van der Waals surface area (Å²) in [6.07, 6.45) is 2.56. The van der Waals surface area contributed by atoms with Gasteiger partial charge in [-0.25, -0.2) is 8.42 Å². The molecule has 0 aromatic rings. The molecule has 0 saturated heterocycles. The van der Waals surface area contributed by atoms with Gasteiger partial charge >= 0.3 is 0 Å². The molecule has 1 N–H and O–H groups in total. The first-order valence-electron chi connectivity index (χ1n) is 9.05. The molecule has 6 heteroatoms. The molecule has 23 heavy (non-hydrogen) atoms. The summed E-state index contributed by atoms with van der Waals surface area (Å²) in [5, 5.41) is 9.12. The average Bonchev–Trinajstić information content (AvgIpc) is 3.16. The fourth-order valence-electron chi connectivity index (χ4n) is 4.59. The second kappa shape index (κ2) is 6.43. The molecule has 4 nitrogen and oxygen atoms in total. The van der Waals surface area contributed by atoms with Crippen molar-refractivity contribution in [1.29, 1.82) is 0 Å². The van der Waals surface area contributed by atoms with Gasteiger partial charge in [-0.2, -0.15) is 0 Å². The number of aliphatic hydroxyl groups is 1. The second-order valence-corrected chi connectivity index (χ2v) is 16.6. The molecule has 2 aliphatic rings. The van der Waals surface area contributed by atoms with E-state index in [4.69, 9.17) is 4.43 Å². The third-order valence-corrected chi connectivity index (χ3v) is 15.4. The van der Waals surface area contributed by atoms with E-state index in [1.54, 1.807) is 0 Å². The third-order valence-electron chi connectivity index (χ3n) is 6.27. The Morgan fingerprint density at radius 2 is 1.48 bits per heavy atom. The van der Waals surface area contributed by atoms with Crippen molar-refractivity contribution in [2.75, 3.05) is 6.61 Å². The van der Waals surface area contributed by atoms with Gasteiger partial charge in [-0.15, -0.1) is 0 Å². The Bertz CT molecular complexity index is 495. The van der Waals surface area contributed by atoms with Crippen molar-refractivity contribution in [2.24, 2.45) is 0 Å². The van der Waals surface area contributed by atoms with Crippen molar-refractivity contribution in [3.63, 3.8) is 0 Å². The van der Waals surface area contributed by atoms with Gasteiger partial charge in [0, 0.05) is 6.10 Å². The van der Waals surface area contributed by atoms with Crippen molar-refractivity contribution < 1.29 is 18.0 Å². The number of sulfone groups is 1. The van der Waals surface area contributed by atoms with Gasteiger partial charge in [-0.3, -0.25) is 0 Å². The first-order chi connectivity index (χ1) is 10.5. The van der Waals surface area contributed by atoms with E-state index in [1.807, 2.05) is 0 Å². The largest absolute Gasteiger partial charge is 0.413 e. The zero-order chi connectivity index (χ0) is 17.6. The molecule has 0 aliphatic heterocycles. The highest BCUT2D eigenvalue weighted by Gasteiger charge is 2.60. The van der Waals surface area contributed by atoms with Gasteiger partial charge < -0.3 is 9.53 Å². The molecule has 0 radical (unpaired) electrons. The van der Waals surface area contributed by atoms with Crippen LogP contribution < -0.4 is 0 Å². The molecule has 0 unspecified atom stereocenters. The molecule has 2 rings (SSSR count). The summed E-state index contributed by atoms with van der Waals surface area (Å²) in [6, 6.07) is 0. The Balaban J connectivity index is 2.04. The molecule has 2 fully saturated rings. The Morgan fingerprint density at radius 1 is 1.04 bits per heavy atom. The minimum Gasteiger partial charge on any atom is -0.413 e. The summed E-state index contributed by atoms with van der Waals surface area (Å²) in [5.74, 6) is 0. The van der Waals surface area contributed by atoms with E-state index in [0.29, 0.717) is 42.3 Å². The molecule has 0 spiro atoms. The topological polar surface area (TPSA) is 63.6 Å². The molecule has 0 heterocycles. The number of hydrogen-bond acceptors (Lipinski definition) is 4. The van der Waals surface area contributed by atoms with Crippen LogP contribution in [-0.4, -0.2) is 44.5 Å². The molecule has 0 aromatic carbocycles. The minimum atomic E-state index is -3.20. The predicted octanol–water partition coefficient (Wildman–Crippen LogP) is 3.65. The van der Waals surface area contributed by atoms with Crippen LogP contribution in [0.3, 0.4) is 0 Å². The van der Waals surface area contributed by atoms with Crippen molar-refractivity contribution in [3.8, 4) is 0 Å². The van der Waals surface area contributed by atoms with E-state index >= 15 is 0 Å². The lowest BCUT2D eigenvalue weighted by molar-refractivity contribution is 0.101. The van der Waals surface area contributed by atoms with Crippen molar-refractivity contribution >= 4 is 18.2 Å². The highest BCUT2D eigenvalue weighted by Crippen LogP contribution is 2.51. The lowest BCUT2D eigenvalue weighted by Gasteiger charge is -2.48. The molecule has 2 aliphatic carbocycles. The molecule has 2 saturated carbocycles. The number of hydrogen-bond donors (Lipinski definition) is 1. The lowest BCUT2D eigenvalue weighted by atomic mass is 9.96. The summed E-state index contributed by atoms with van der Waals surface area (Å²) >= 11 is 0. The van der Waals surface area contributed by atoms with Crippen LogP contribution in [-0.2, 0) is 14.3 Å². The van der Waals surface area contributed by atoms with E-state index in [-0.39, 0.29) is 18.0 Å². The summed E-state index contributed by atoms with van der Waals surface area (Å²) < 4.78 is 31.1. The maximum atomic E-state index is 12.6. The molecule has 0 bridgehead atoms. The molecule has 0 aromatic heterocycles. The van der Waals surface area contributed by atoms with Crippen molar-refractivity contribution in [2.45, 2.75) is 100.0 Å². The van der Waals surface area contributed by atoms with E-state index in [2.05, 4.69) is 41.5 Å². The molecular weight excluding hydrogens is 328 g/mol. The highest BCUT2D eigenvalue weighted by atomic mass is 32.2. The van der Waals surface area contributed by atoms with Gasteiger partial charge in [0.05, 0.1) is 16.6 Å². The van der Waals surface area contributed by atoms with Crippen LogP contribution in [0.25, 0.3) is 0 Å². The molecule has 0 atom stereocenters. The van der Waals surface area contributed by atoms with Gasteiger partial charge in [0.25, 0.3) is 0 Å². The first-order valence-corrected chi connectivity index (χ1v) is 12.7. The number of aliphatic hydroxyl groups excluding tert-OH is 1. The van der Waals surface area contributed by atoms with Gasteiger partial charge in [-0.05, 0) is 42.3 Å². The van der Waals surface area contributed by atoms with Crippen LogP contribution in [0, 0.1) is 0 Å². The fourth-order valence-corrected chi connectivity index (χ4v) is 12.7. The van der Waals surface area contributed by atoms with Crippen LogP contribution in [0.4, 0.5) is 0 Å². The van der Waals surface area contributed by atoms with Crippen LogP contribution in [0.5, 0.6) is 0 Å². The summed E-state index contributed by atoms with van der Waals surface area (Å²) in [4.78, 5) is 0. The van der Waals surface area contributed by atoms with E-state index in [0.717, 1.165) is 0 Å². The zero-order valence-electron chi connectivity index (χ0n) is 15.5. The average molecular weight is 363 g/mol. The first kappa shape index (κ1) is 19.4. The number of rotatable bonds is 8. The lowest BCUT2D eigenvalue weighted by Crippen LogP contribution is -2.55. The van der Waals surface area contributed by atoms with Crippen LogP contribution in [0.2, 0.25) is 16.6 Å². The Hall–Kier alpha value is 0.0869. The SMILES string of the molecule is CC(C)[Si](O[C@H]1C[C@H](S(=O)(=O)C2(CO)CC2)C1)(C(C)C)C(C)C. The zero-order valence-corrected chi connectivity index (χ0v) is 17.3. The van der Waals surface area contributed by atoms with Crippen molar-refractivity contribution in [3.05, 3.63) is 0 Å². The fraction of sp³-hybridized carbons (Fsp3) is 1.00. The van der Waals surface area contributed by atoms with E-state index in [1.165, 1.54) is 0 Å². The third kappa shape index (κ3) is 3.05. The molecule has 136 valence electrons. The molecular formula is C17H34O4SSi. The predicted molar refractivity (Wildman–Crippen MR) is 96.9 cm³/mol. The normalized spacial score (nSPS) is 27.6. The van der Waals surface area contributed by atoms with Gasteiger partial charge in [-0.1, -0.05) is 41.5 Å². The van der Waals surface area contributed by atoms with Crippen LogP contribution in [0.15, 0.2) is 0 Å². The van der Waals surface area contributed by atoms with Crippen LogP contribution >= 0.6 is 0 Å². The maximum absolute atomic E-state index is 12.6. The quantitative estimate of drug-likeness (QED) is 0.669. The van der Waals surface area contributed by atoms with E-state index < -0.39 is 22.9 Å². The van der Waals surface area contributed by atoms with Gasteiger partial charge in [0.1, 0.15) is 0 Å². The summed E-state index contributed by atoms with van der Waals surface area (Å²) in [6.45, 7) is 13.3. The summed E-state index contributed by atoms with van der Waals surface area (Å²) in [7, 11) is -5.14.